The summed E-state index contributed by atoms with van der Waals surface area (Å²) in [7, 11) is 0. The molecule has 0 bridgehead atoms. The van der Waals surface area contributed by atoms with E-state index in [1.807, 2.05) is 36.4 Å². The molecule has 1 unspecified atom stereocenters. The highest BCUT2D eigenvalue weighted by molar-refractivity contribution is 5.74. The first-order chi connectivity index (χ1) is 12.6. The predicted molar refractivity (Wildman–Crippen MR) is 102 cm³/mol. The van der Waals surface area contributed by atoms with E-state index in [0.717, 1.165) is 29.9 Å². The Morgan fingerprint density at radius 3 is 2.50 bits per heavy atom. The van der Waals surface area contributed by atoms with Crippen molar-refractivity contribution >= 4 is 6.03 Å². The van der Waals surface area contributed by atoms with E-state index < -0.39 is 0 Å². The van der Waals surface area contributed by atoms with Crippen molar-refractivity contribution in [2.45, 2.75) is 32.7 Å². The van der Waals surface area contributed by atoms with Crippen LogP contribution in [-0.4, -0.2) is 25.4 Å². The zero-order valence-corrected chi connectivity index (χ0v) is 15.3. The summed E-state index contributed by atoms with van der Waals surface area (Å²) < 4.78 is 10.8. The summed E-state index contributed by atoms with van der Waals surface area (Å²) in [5, 5.41) is 6.05. The molecule has 5 heteroatoms. The highest BCUT2D eigenvalue weighted by atomic mass is 16.7. The topological polar surface area (TPSA) is 59.6 Å². The van der Waals surface area contributed by atoms with E-state index in [2.05, 4.69) is 36.6 Å². The first kappa shape index (κ1) is 18.1. The second-order valence-electron chi connectivity index (χ2n) is 7.03. The van der Waals surface area contributed by atoms with Gasteiger partial charge in [0, 0.05) is 12.6 Å². The van der Waals surface area contributed by atoms with Gasteiger partial charge in [0.15, 0.2) is 11.5 Å². The number of nitrogens with one attached hydrogen (secondary N) is 2. The van der Waals surface area contributed by atoms with Gasteiger partial charge in [0.2, 0.25) is 6.79 Å². The van der Waals surface area contributed by atoms with E-state index in [9.17, 15) is 4.79 Å². The molecule has 1 atom stereocenters. The van der Waals surface area contributed by atoms with Gasteiger partial charge in [-0.2, -0.15) is 0 Å². The number of fused-ring (bicyclic) bond motifs is 1. The fourth-order valence-electron chi connectivity index (χ4n) is 2.96. The quantitative estimate of drug-likeness (QED) is 0.800. The van der Waals surface area contributed by atoms with Crippen LogP contribution < -0.4 is 20.1 Å². The predicted octanol–water partition coefficient (Wildman–Crippen LogP) is 3.52. The Labute approximate surface area is 154 Å². The number of rotatable bonds is 7. The maximum atomic E-state index is 12.3. The van der Waals surface area contributed by atoms with Crippen molar-refractivity contribution in [1.82, 2.24) is 10.6 Å². The molecular weight excluding hydrogens is 328 g/mol. The lowest BCUT2D eigenvalue weighted by molar-refractivity contribution is 0.174. The van der Waals surface area contributed by atoms with Gasteiger partial charge in [-0.25, -0.2) is 4.79 Å². The summed E-state index contributed by atoms with van der Waals surface area (Å²) in [6, 6.07) is 16.0. The molecule has 1 heterocycles. The lowest BCUT2D eigenvalue weighted by Gasteiger charge is -2.20. The molecule has 2 aromatic carbocycles. The molecule has 0 spiro atoms. The molecular formula is C21H26N2O3. The number of urea groups is 1. The van der Waals surface area contributed by atoms with Gasteiger partial charge < -0.3 is 20.1 Å². The SMILES string of the molecule is CC(C)CNC(=O)NC(Cc1ccccc1)Cc1ccc2c(c1)OCO2. The first-order valence-corrected chi connectivity index (χ1v) is 9.07. The fraction of sp³-hybridized carbons (Fsp3) is 0.381. The second kappa shape index (κ2) is 8.61. The Kier molecular flexibility index (Phi) is 6.00. The third kappa shape index (κ3) is 5.15. The second-order valence-corrected chi connectivity index (χ2v) is 7.03. The Balaban J connectivity index is 1.68. The van der Waals surface area contributed by atoms with Crippen LogP contribution in [0.3, 0.4) is 0 Å². The van der Waals surface area contributed by atoms with Crippen LogP contribution in [-0.2, 0) is 12.8 Å². The Hall–Kier alpha value is -2.69. The standard InChI is InChI=1S/C21H26N2O3/c1-15(2)13-22-21(24)23-18(10-16-6-4-3-5-7-16)11-17-8-9-19-20(12-17)26-14-25-19/h3-9,12,15,18H,10-11,13-14H2,1-2H3,(H2,22,23,24). The van der Waals surface area contributed by atoms with E-state index in [-0.39, 0.29) is 18.9 Å². The highest BCUT2D eigenvalue weighted by Crippen LogP contribution is 2.32. The van der Waals surface area contributed by atoms with Crippen molar-refractivity contribution < 1.29 is 14.3 Å². The van der Waals surface area contributed by atoms with E-state index in [1.165, 1.54) is 5.56 Å². The maximum Gasteiger partial charge on any atom is 0.315 e. The number of hydrogen-bond acceptors (Lipinski definition) is 3. The molecule has 138 valence electrons. The third-order valence-corrected chi connectivity index (χ3v) is 4.25. The number of hydrogen-bond donors (Lipinski definition) is 2. The average molecular weight is 354 g/mol. The molecule has 2 amide bonds. The summed E-state index contributed by atoms with van der Waals surface area (Å²) >= 11 is 0. The molecule has 0 aliphatic carbocycles. The largest absolute Gasteiger partial charge is 0.454 e. The monoisotopic (exact) mass is 354 g/mol. The average Bonchev–Trinajstić information content (AvgIpc) is 3.08. The van der Waals surface area contributed by atoms with Gasteiger partial charge >= 0.3 is 6.03 Å². The van der Waals surface area contributed by atoms with Crippen molar-refractivity contribution in [2.75, 3.05) is 13.3 Å². The number of carbonyl (C=O) groups is 1. The van der Waals surface area contributed by atoms with Gasteiger partial charge in [0.1, 0.15) is 0 Å². The first-order valence-electron chi connectivity index (χ1n) is 9.07. The smallest absolute Gasteiger partial charge is 0.315 e. The summed E-state index contributed by atoms with van der Waals surface area (Å²) in [4.78, 5) is 12.3. The number of amides is 2. The van der Waals surface area contributed by atoms with Crippen LogP contribution in [0, 0.1) is 5.92 Å². The maximum absolute atomic E-state index is 12.3. The van der Waals surface area contributed by atoms with Crippen LogP contribution in [0.4, 0.5) is 4.79 Å². The molecule has 1 aliphatic rings. The van der Waals surface area contributed by atoms with Gasteiger partial charge in [-0.15, -0.1) is 0 Å². The molecule has 2 aromatic rings. The molecule has 0 aromatic heterocycles. The van der Waals surface area contributed by atoms with Crippen LogP contribution in [0.15, 0.2) is 48.5 Å². The lowest BCUT2D eigenvalue weighted by Crippen LogP contribution is -2.45. The molecule has 0 saturated carbocycles. The fourth-order valence-corrected chi connectivity index (χ4v) is 2.96. The molecule has 3 rings (SSSR count). The highest BCUT2D eigenvalue weighted by Gasteiger charge is 2.17. The number of benzene rings is 2. The molecule has 26 heavy (non-hydrogen) atoms. The van der Waals surface area contributed by atoms with Crippen molar-refractivity contribution in [2.24, 2.45) is 5.92 Å². The molecule has 0 saturated heterocycles. The summed E-state index contributed by atoms with van der Waals surface area (Å²) in [6.45, 7) is 5.08. The zero-order valence-electron chi connectivity index (χ0n) is 15.3. The van der Waals surface area contributed by atoms with E-state index in [4.69, 9.17) is 9.47 Å². The van der Waals surface area contributed by atoms with Crippen LogP contribution in [0.25, 0.3) is 0 Å². The Morgan fingerprint density at radius 1 is 1.00 bits per heavy atom. The van der Waals surface area contributed by atoms with Crippen molar-refractivity contribution in [1.29, 1.82) is 0 Å². The molecule has 5 nitrogen and oxygen atoms in total. The lowest BCUT2D eigenvalue weighted by atomic mass is 9.98. The number of ether oxygens (including phenoxy) is 2. The van der Waals surface area contributed by atoms with Crippen molar-refractivity contribution in [3.8, 4) is 11.5 Å². The number of carbonyl (C=O) groups excluding carboxylic acids is 1. The van der Waals surface area contributed by atoms with Crippen molar-refractivity contribution in [3.63, 3.8) is 0 Å². The van der Waals surface area contributed by atoms with Gasteiger partial charge in [0.25, 0.3) is 0 Å². The van der Waals surface area contributed by atoms with Crippen LogP contribution in [0.1, 0.15) is 25.0 Å². The van der Waals surface area contributed by atoms with Gasteiger partial charge in [-0.1, -0.05) is 50.2 Å². The molecule has 2 N–H and O–H groups in total. The Bertz CT molecular complexity index is 731. The van der Waals surface area contributed by atoms with Crippen LogP contribution in [0.5, 0.6) is 11.5 Å². The molecule has 0 radical (unpaired) electrons. The van der Waals surface area contributed by atoms with Crippen LogP contribution >= 0.6 is 0 Å². The third-order valence-electron chi connectivity index (χ3n) is 4.25. The summed E-state index contributed by atoms with van der Waals surface area (Å²) in [6.07, 6.45) is 1.49. The van der Waals surface area contributed by atoms with Gasteiger partial charge in [-0.3, -0.25) is 0 Å². The molecule has 0 fully saturated rings. The van der Waals surface area contributed by atoms with Crippen molar-refractivity contribution in [3.05, 3.63) is 59.7 Å². The van der Waals surface area contributed by atoms with E-state index in [1.54, 1.807) is 0 Å². The van der Waals surface area contributed by atoms with Crippen LogP contribution in [0.2, 0.25) is 0 Å². The minimum absolute atomic E-state index is 0.00932. The zero-order chi connectivity index (χ0) is 18.4. The van der Waals surface area contributed by atoms with E-state index >= 15 is 0 Å². The van der Waals surface area contributed by atoms with Gasteiger partial charge in [0.05, 0.1) is 0 Å². The Morgan fingerprint density at radius 2 is 1.73 bits per heavy atom. The molecule has 1 aliphatic heterocycles. The summed E-state index contributed by atoms with van der Waals surface area (Å²) in [5.41, 5.74) is 2.31. The van der Waals surface area contributed by atoms with E-state index in [0.29, 0.717) is 12.5 Å². The normalized spacial score (nSPS) is 13.5. The van der Waals surface area contributed by atoms with Gasteiger partial charge in [-0.05, 0) is 42.0 Å². The summed E-state index contributed by atoms with van der Waals surface area (Å²) in [5.74, 6) is 1.96. The minimum atomic E-state index is -0.125. The minimum Gasteiger partial charge on any atom is -0.454 e.